The quantitative estimate of drug-likeness (QED) is 0.0269. The second-order valence-corrected chi connectivity index (χ2v) is 16.9. The summed E-state index contributed by atoms with van der Waals surface area (Å²) in [5, 5.41) is 40.2. The molecule has 1 aliphatic rings. The molecular weight excluding hydrogens is 745 g/mol. The molecule has 0 aromatic rings. The predicted molar refractivity (Wildman–Crippen MR) is 242 cm³/mol. The Kier molecular flexibility index (Phi) is 39.2. The lowest BCUT2D eigenvalue weighted by molar-refractivity contribution is -0.305. The van der Waals surface area contributed by atoms with Crippen LogP contribution >= 0.6 is 0 Å². The van der Waals surface area contributed by atoms with Gasteiger partial charge in [-0.2, -0.15) is 0 Å². The molecule has 0 saturated carbocycles. The fourth-order valence-electron chi connectivity index (χ4n) is 7.40. The van der Waals surface area contributed by atoms with Gasteiger partial charge in [0.15, 0.2) is 6.29 Å². The van der Waals surface area contributed by atoms with Gasteiger partial charge in [0.2, 0.25) is 0 Å². The molecule has 0 bridgehead atoms. The second-order valence-electron chi connectivity index (χ2n) is 16.9. The van der Waals surface area contributed by atoms with E-state index in [4.69, 9.17) is 18.9 Å². The summed E-state index contributed by atoms with van der Waals surface area (Å²) in [5.41, 5.74) is 0. The number of rotatable bonds is 42. The molecule has 0 radical (unpaired) electrons. The zero-order valence-corrected chi connectivity index (χ0v) is 38.0. The van der Waals surface area contributed by atoms with E-state index in [2.05, 4.69) is 50.3 Å². The highest BCUT2D eigenvalue weighted by atomic mass is 16.7. The van der Waals surface area contributed by atoms with Crippen LogP contribution in [0.15, 0.2) is 36.5 Å². The maximum absolute atomic E-state index is 12.8. The van der Waals surface area contributed by atoms with E-state index in [0.717, 1.165) is 38.5 Å². The largest absolute Gasteiger partial charge is 0.457 e. The Bertz CT molecular complexity index is 999. The van der Waals surface area contributed by atoms with Gasteiger partial charge in [-0.1, -0.05) is 172 Å². The minimum atomic E-state index is -1.54. The van der Waals surface area contributed by atoms with E-state index in [-0.39, 0.29) is 19.2 Å². The van der Waals surface area contributed by atoms with Crippen molar-refractivity contribution in [3.8, 4) is 0 Å². The van der Waals surface area contributed by atoms with E-state index in [0.29, 0.717) is 13.0 Å². The van der Waals surface area contributed by atoms with Crippen molar-refractivity contribution in [1.29, 1.82) is 0 Å². The van der Waals surface area contributed by atoms with E-state index >= 15 is 0 Å². The highest BCUT2D eigenvalue weighted by Crippen LogP contribution is 2.23. The first-order valence-corrected chi connectivity index (χ1v) is 24.6. The van der Waals surface area contributed by atoms with Gasteiger partial charge in [0.1, 0.15) is 30.5 Å². The molecule has 1 aliphatic heterocycles. The molecule has 6 atom stereocenters. The maximum atomic E-state index is 12.8. The first-order valence-electron chi connectivity index (χ1n) is 24.6. The van der Waals surface area contributed by atoms with Gasteiger partial charge in [0.05, 0.1) is 19.8 Å². The number of carbonyl (C=O) groups excluding carboxylic acids is 1. The van der Waals surface area contributed by atoms with E-state index in [1.165, 1.54) is 154 Å². The lowest BCUT2D eigenvalue weighted by Crippen LogP contribution is -2.59. The number of unbranched alkanes of at least 4 members (excludes halogenated alkanes) is 25. The summed E-state index contributed by atoms with van der Waals surface area (Å²) in [6, 6.07) is 0. The van der Waals surface area contributed by atoms with E-state index in [9.17, 15) is 25.2 Å². The predicted octanol–water partition coefficient (Wildman–Crippen LogP) is 11.5. The summed E-state index contributed by atoms with van der Waals surface area (Å²) in [4.78, 5) is 12.8. The van der Waals surface area contributed by atoms with Crippen molar-refractivity contribution in [1.82, 2.24) is 0 Å². The average molecular weight is 837 g/mol. The van der Waals surface area contributed by atoms with Crippen LogP contribution in [0.1, 0.15) is 213 Å². The molecule has 1 heterocycles. The zero-order valence-electron chi connectivity index (χ0n) is 38.0. The van der Waals surface area contributed by atoms with Crippen LogP contribution in [0.4, 0.5) is 0 Å². The fraction of sp³-hybridized carbons (Fsp3) is 0.860. The number of ether oxygens (including phenoxy) is 4. The Labute approximate surface area is 361 Å². The summed E-state index contributed by atoms with van der Waals surface area (Å²) in [7, 11) is 0. The molecule has 9 heteroatoms. The molecule has 1 rings (SSSR count). The molecule has 59 heavy (non-hydrogen) atoms. The second kappa shape index (κ2) is 41.7. The molecule has 6 unspecified atom stereocenters. The fourth-order valence-corrected chi connectivity index (χ4v) is 7.40. The highest BCUT2D eigenvalue weighted by Gasteiger charge is 2.44. The topological polar surface area (TPSA) is 135 Å². The molecule has 0 amide bonds. The van der Waals surface area contributed by atoms with Crippen molar-refractivity contribution in [2.75, 3.05) is 26.4 Å². The summed E-state index contributed by atoms with van der Waals surface area (Å²) in [5.74, 6) is -0.319. The minimum Gasteiger partial charge on any atom is -0.457 e. The van der Waals surface area contributed by atoms with Gasteiger partial charge in [0.25, 0.3) is 0 Å². The van der Waals surface area contributed by atoms with Crippen LogP contribution in [0.3, 0.4) is 0 Å². The number of aliphatic hydroxyl groups is 4. The number of carbonyl (C=O) groups is 1. The number of allylic oxidation sites excluding steroid dienone is 6. The van der Waals surface area contributed by atoms with E-state index in [1.807, 2.05) is 0 Å². The Hall–Kier alpha value is -1.59. The summed E-state index contributed by atoms with van der Waals surface area (Å²) in [6.07, 6.45) is 43.1. The van der Waals surface area contributed by atoms with Gasteiger partial charge < -0.3 is 39.4 Å². The molecule has 0 aliphatic carbocycles. The summed E-state index contributed by atoms with van der Waals surface area (Å²) >= 11 is 0. The van der Waals surface area contributed by atoms with Crippen molar-refractivity contribution in [3.05, 3.63) is 36.5 Å². The van der Waals surface area contributed by atoms with Gasteiger partial charge in [-0.3, -0.25) is 4.79 Å². The van der Waals surface area contributed by atoms with Crippen molar-refractivity contribution in [2.24, 2.45) is 0 Å². The van der Waals surface area contributed by atoms with Crippen molar-refractivity contribution in [3.63, 3.8) is 0 Å². The van der Waals surface area contributed by atoms with Crippen LogP contribution in [0, 0.1) is 0 Å². The van der Waals surface area contributed by atoms with Crippen LogP contribution in [-0.2, 0) is 23.7 Å². The van der Waals surface area contributed by atoms with Gasteiger partial charge >= 0.3 is 5.97 Å². The lowest BCUT2D eigenvalue weighted by Gasteiger charge is -2.39. The average Bonchev–Trinajstić information content (AvgIpc) is 3.24. The van der Waals surface area contributed by atoms with E-state index in [1.54, 1.807) is 0 Å². The molecule has 4 N–H and O–H groups in total. The van der Waals surface area contributed by atoms with Gasteiger partial charge in [-0.25, -0.2) is 0 Å². The van der Waals surface area contributed by atoms with Crippen LogP contribution < -0.4 is 0 Å². The van der Waals surface area contributed by atoms with Crippen molar-refractivity contribution in [2.45, 2.75) is 250 Å². The molecule has 0 aromatic heterocycles. The maximum Gasteiger partial charge on any atom is 0.306 e. The number of esters is 1. The van der Waals surface area contributed by atoms with Crippen LogP contribution in [0.25, 0.3) is 0 Å². The Morgan fingerprint density at radius 2 is 0.983 bits per heavy atom. The minimum absolute atomic E-state index is 0.116. The Morgan fingerprint density at radius 3 is 1.49 bits per heavy atom. The molecule has 1 fully saturated rings. The van der Waals surface area contributed by atoms with Crippen LogP contribution in [-0.4, -0.2) is 89.6 Å². The lowest BCUT2D eigenvalue weighted by atomic mass is 9.99. The number of hydrogen-bond donors (Lipinski definition) is 4. The number of hydrogen-bond acceptors (Lipinski definition) is 9. The Morgan fingerprint density at radius 1 is 0.542 bits per heavy atom. The molecule has 0 aromatic carbocycles. The molecular formula is C50H92O9. The zero-order chi connectivity index (χ0) is 42.9. The standard InChI is InChI=1S/C50H92O9/c1-3-5-7-9-11-13-15-17-19-21-22-24-26-28-30-32-34-36-38-40-56-42-44(43-57-50-49(55)48(54)47(53)45(41-51)59-50)58-46(52)39-37-35-33-31-29-27-25-23-20-18-16-14-12-10-8-6-4-2/h13,15,18-21,44-45,47-51,53-55H,3-12,14,16-17,22-43H2,1-2H3/b15-13-,20-18-,21-19-. The third kappa shape index (κ3) is 32.7. The SMILES string of the molecule is CCCCCC/C=C\C/C=C\CCCCCCCCCCOCC(COC1OC(CO)C(O)C(O)C1O)OC(=O)CCCCCCCCC/C=C\CCCCCCCC. The normalized spacial score (nSPS) is 20.4. The third-order valence-electron chi connectivity index (χ3n) is 11.3. The van der Waals surface area contributed by atoms with Crippen LogP contribution in [0.5, 0.6) is 0 Å². The van der Waals surface area contributed by atoms with Crippen molar-refractivity contribution < 1.29 is 44.2 Å². The molecule has 0 spiro atoms. The highest BCUT2D eigenvalue weighted by molar-refractivity contribution is 5.69. The van der Waals surface area contributed by atoms with Gasteiger partial charge in [-0.05, 0) is 70.6 Å². The molecule has 1 saturated heterocycles. The van der Waals surface area contributed by atoms with E-state index < -0.39 is 43.4 Å². The first kappa shape index (κ1) is 55.4. The third-order valence-corrected chi connectivity index (χ3v) is 11.3. The summed E-state index contributed by atoms with van der Waals surface area (Å²) in [6.45, 7) is 4.54. The van der Waals surface area contributed by atoms with Gasteiger partial charge in [-0.15, -0.1) is 0 Å². The van der Waals surface area contributed by atoms with Crippen LogP contribution in [0.2, 0.25) is 0 Å². The monoisotopic (exact) mass is 837 g/mol. The first-order chi connectivity index (χ1) is 28.9. The van der Waals surface area contributed by atoms with Crippen molar-refractivity contribution >= 4 is 5.97 Å². The molecule has 9 nitrogen and oxygen atoms in total. The molecule has 346 valence electrons. The summed E-state index contributed by atoms with van der Waals surface area (Å²) < 4.78 is 22.9. The van der Waals surface area contributed by atoms with Gasteiger partial charge in [0, 0.05) is 13.0 Å². The Balaban J connectivity index is 2.23. The smallest absolute Gasteiger partial charge is 0.306 e. The number of aliphatic hydroxyl groups excluding tert-OH is 4.